The van der Waals surface area contributed by atoms with E-state index in [-0.39, 0.29) is 35.6 Å². The van der Waals surface area contributed by atoms with Crippen LogP contribution >= 0.6 is 0 Å². The van der Waals surface area contributed by atoms with Crippen LogP contribution < -0.4 is 0 Å². The van der Waals surface area contributed by atoms with Gasteiger partial charge in [0, 0.05) is 25.3 Å². The maximum Gasteiger partial charge on any atom is 0.178 e. The summed E-state index contributed by atoms with van der Waals surface area (Å²) in [5.74, 6) is -0.430. The lowest BCUT2D eigenvalue weighted by Gasteiger charge is -2.32. The number of nitrogens with zero attached hydrogens (tertiary/aromatic N) is 7. The molecule has 0 aliphatic heterocycles. The summed E-state index contributed by atoms with van der Waals surface area (Å²) >= 11 is 0. The molecule has 1 aromatic carbocycles. The largest absolute Gasteiger partial charge is 0.396 e. The Morgan fingerprint density at radius 3 is 2.57 bits per heavy atom. The Bertz CT molecular complexity index is 1390. The molecule has 3 aromatic heterocycles. The highest BCUT2D eigenvalue weighted by Gasteiger charge is 2.34. The van der Waals surface area contributed by atoms with Crippen LogP contribution in [0.4, 0.5) is 8.78 Å². The van der Waals surface area contributed by atoms with E-state index in [4.69, 9.17) is 4.98 Å². The fourth-order valence-corrected chi connectivity index (χ4v) is 5.07. The molecule has 0 spiro atoms. The molecule has 1 aliphatic carbocycles. The summed E-state index contributed by atoms with van der Waals surface area (Å²) in [7, 11) is 0. The second kappa shape index (κ2) is 10.4. The minimum absolute atomic E-state index is 0.0125. The molecule has 4 aromatic rings. The van der Waals surface area contributed by atoms with E-state index < -0.39 is 11.6 Å². The van der Waals surface area contributed by atoms with E-state index >= 15 is 0 Å². The van der Waals surface area contributed by atoms with E-state index in [9.17, 15) is 13.9 Å². The van der Waals surface area contributed by atoms with Gasteiger partial charge in [0.15, 0.2) is 5.82 Å². The molecular weight excluding hydrogens is 476 g/mol. The molecule has 3 heterocycles. The van der Waals surface area contributed by atoms with Crippen molar-refractivity contribution < 1.29 is 13.9 Å². The Balaban J connectivity index is 1.55. The van der Waals surface area contributed by atoms with Crippen LogP contribution in [0, 0.1) is 23.5 Å². The van der Waals surface area contributed by atoms with E-state index in [0.29, 0.717) is 24.0 Å². The quantitative estimate of drug-likeness (QED) is 0.386. The molecule has 5 rings (SSSR count). The van der Waals surface area contributed by atoms with Crippen molar-refractivity contribution in [2.75, 3.05) is 6.61 Å². The fraction of sp³-hybridized carbons (Fsp3) is 0.407. The second-order valence-corrected chi connectivity index (χ2v) is 10.0. The maximum absolute atomic E-state index is 14.5. The summed E-state index contributed by atoms with van der Waals surface area (Å²) in [5.41, 5.74) is 3.01. The zero-order valence-electron chi connectivity index (χ0n) is 21.0. The molecule has 0 radical (unpaired) electrons. The van der Waals surface area contributed by atoms with Crippen LogP contribution in [-0.4, -0.2) is 46.6 Å². The monoisotopic (exact) mass is 505 g/mol. The summed E-state index contributed by atoms with van der Waals surface area (Å²) in [6, 6.07) is 5.57. The Kier molecular flexibility index (Phi) is 7.01. The Hall–Kier alpha value is -3.66. The van der Waals surface area contributed by atoms with E-state index in [0.717, 1.165) is 29.8 Å². The number of aliphatic hydroxyl groups is 1. The van der Waals surface area contributed by atoms with Crippen molar-refractivity contribution >= 4 is 0 Å². The van der Waals surface area contributed by atoms with Crippen LogP contribution in [0.15, 0.2) is 43.0 Å². The Morgan fingerprint density at radius 2 is 1.84 bits per heavy atom. The van der Waals surface area contributed by atoms with Crippen molar-refractivity contribution in [3.05, 3.63) is 71.6 Å². The van der Waals surface area contributed by atoms with Crippen molar-refractivity contribution in [1.29, 1.82) is 0 Å². The second-order valence-electron chi connectivity index (χ2n) is 10.0. The molecule has 0 amide bonds. The van der Waals surface area contributed by atoms with E-state index in [2.05, 4.69) is 39.1 Å². The average Bonchev–Trinajstić information content (AvgIpc) is 3.35. The first-order valence-electron chi connectivity index (χ1n) is 12.5. The van der Waals surface area contributed by atoms with Crippen LogP contribution in [0.5, 0.6) is 0 Å². The third-order valence-corrected chi connectivity index (χ3v) is 7.02. The van der Waals surface area contributed by atoms with Crippen molar-refractivity contribution in [3.8, 4) is 22.8 Å². The maximum atomic E-state index is 14.5. The number of halogens is 2. The van der Waals surface area contributed by atoms with Gasteiger partial charge in [-0.1, -0.05) is 26.8 Å². The Morgan fingerprint density at radius 1 is 1.05 bits per heavy atom. The van der Waals surface area contributed by atoms with Gasteiger partial charge in [0.2, 0.25) is 0 Å². The summed E-state index contributed by atoms with van der Waals surface area (Å²) in [5, 5.41) is 22.5. The van der Waals surface area contributed by atoms with E-state index in [1.807, 2.05) is 6.92 Å². The zero-order valence-corrected chi connectivity index (χ0v) is 21.0. The lowest BCUT2D eigenvalue weighted by molar-refractivity contribution is 0.219. The minimum atomic E-state index is -0.666. The first-order valence-corrected chi connectivity index (χ1v) is 12.5. The summed E-state index contributed by atoms with van der Waals surface area (Å²) < 4.78 is 30.8. The normalized spacial score (nSPS) is 18.1. The van der Waals surface area contributed by atoms with E-state index in [1.165, 1.54) is 24.5 Å². The van der Waals surface area contributed by atoms with Crippen LogP contribution in [0.2, 0.25) is 0 Å². The molecule has 2 unspecified atom stereocenters. The minimum Gasteiger partial charge on any atom is -0.396 e. The highest BCUT2D eigenvalue weighted by molar-refractivity contribution is 5.62. The molecule has 1 N–H and O–H groups in total. The third-order valence-electron chi connectivity index (χ3n) is 7.02. The number of hydrogen-bond donors (Lipinski definition) is 1. The summed E-state index contributed by atoms with van der Waals surface area (Å²) in [4.78, 5) is 13.7. The first kappa shape index (κ1) is 25.0. The molecule has 0 saturated carbocycles. The molecule has 0 bridgehead atoms. The van der Waals surface area contributed by atoms with Gasteiger partial charge in [-0.3, -0.25) is 4.98 Å². The number of aliphatic hydroxyl groups excluding tert-OH is 1. The standard InChI is InChI=1S/C27H29F2N7O/c1-15(2)17-7-8-18(26-19(17)9-22(34-35-26)25-20(28)5-4-6-21(25)29)23-10-30-11-24(33-23)27-31-14-32-36(27)12-16(3)13-37/h4-6,9-11,14-18,37H,7-8,12-13H2,1-3H3/t16-,17?,18?/m0/s1. The van der Waals surface area contributed by atoms with Crippen molar-refractivity contribution in [2.24, 2.45) is 11.8 Å². The third kappa shape index (κ3) is 4.85. The summed E-state index contributed by atoms with van der Waals surface area (Å²) in [6.45, 7) is 6.75. The van der Waals surface area contributed by atoms with Gasteiger partial charge in [-0.2, -0.15) is 10.2 Å². The van der Waals surface area contributed by atoms with Gasteiger partial charge in [0.25, 0.3) is 0 Å². The van der Waals surface area contributed by atoms with Crippen LogP contribution in [-0.2, 0) is 6.54 Å². The van der Waals surface area contributed by atoms with Crippen LogP contribution in [0.1, 0.15) is 62.4 Å². The number of rotatable bonds is 7. The van der Waals surface area contributed by atoms with Gasteiger partial charge in [-0.15, -0.1) is 5.10 Å². The SMILES string of the molecule is CC(C)C1CCC(c2cncc(-c3ncnn3C[C@H](C)CO)n2)c2nnc(-c3c(F)cccc3F)cc21. The first-order chi connectivity index (χ1) is 17.9. The molecule has 192 valence electrons. The molecule has 10 heteroatoms. The average molecular weight is 506 g/mol. The number of aromatic nitrogens is 7. The topological polar surface area (TPSA) is 102 Å². The Labute approximate surface area is 213 Å². The highest BCUT2D eigenvalue weighted by atomic mass is 19.1. The van der Waals surface area contributed by atoms with Gasteiger partial charge >= 0.3 is 0 Å². The molecule has 37 heavy (non-hydrogen) atoms. The predicted molar refractivity (Wildman–Crippen MR) is 133 cm³/mol. The van der Waals surface area contributed by atoms with E-state index in [1.54, 1.807) is 23.1 Å². The smallest absolute Gasteiger partial charge is 0.178 e. The van der Waals surface area contributed by atoms with Crippen molar-refractivity contribution in [2.45, 2.75) is 52.0 Å². The van der Waals surface area contributed by atoms with Gasteiger partial charge in [0.1, 0.15) is 23.7 Å². The number of fused-ring (bicyclic) bond motifs is 1. The van der Waals surface area contributed by atoms with Crippen molar-refractivity contribution in [3.63, 3.8) is 0 Å². The number of hydrogen-bond acceptors (Lipinski definition) is 7. The molecule has 0 saturated heterocycles. The zero-order chi connectivity index (χ0) is 26.1. The number of benzene rings is 1. The summed E-state index contributed by atoms with van der Waals surface area (Å²) in [6.07, 6.45) is 6.49. The van der Waals surface area contributed by atoms with Crippen LogP contribution in [0.3, 0.4) is 0 Å². The lowest BCUT2D eigenvalue weighted by atomic mass is 9.74. The van der Waals surface area contributed by atoms with Gasteiger partial charge in [-0.25, -0.2) is 23.4 Å². The fourth-order valence-electron chi connectivity index (χ4n) is 5.07. The predicted octanol–water partition coefficient (Wildman–Crippen LogP) is 4.76. The molecule has 8 nitrogen and oxygen atoms in total. The molecule has 3 atom stereocenters. The van der Waals surface area contributed by atoms with Gasteiger partial charge in [0.05, 0.1) is 28.8 Å². The van der Waals surface area contributed by atoms with Crippen LogP contribution in [0.25, 0.3) is 22.8 Å². The van der Waals surface area contributed by atoms with Crippen molar-refractivity contribution in [1.82, 2.24) is 34.9 Å². The van der Waals surface area contributed by atoms with Gasteiger partial charge in [-0.05, 0) is 54.4 Å². The molecular formula is C27H29F2N7O. The lowest BCUT2D eigenvalue weighted by Crippen LogP contribution is -2.22. The van der Waals surface area contributed by atoms with Gasteiger partial charge < -0.3 is 5.11 Å². The molecule has 1 aliphatic rings. The highest BCUT2D eigenvalue weighted by Crippen LogP contribution is 2.44. The molecule has 0 fully saturated rings.